The van der Waals surface area contributed by atoms with Crippen LogP contribution in [0.5, 0.6) is 0 Å². The zero-order valence-corrected chi connectivity index (χ0v) is 14.9. The zero-order chi connectivity index (χ0) is 16.7. The highest BCUT2D eigenvalue weighted by atomic mass is 32.1. The van der Waals surface area contributed by atoms with Gasteiger partial charge in [-0.3, -0.25) is 9.59 Å². The monoisotopic (exact) mass is 345 g/mol. The number of H-pyrrole nitrogens is 1. The number of amides is 1. The number of fused-ring (bicyclic) bond motifs is 3. The van der Waals surface area contributed by atoms with E-state index in [1.807, 2.05) is 4.90 Å². The lowest BCUT2D eigenvalue weighted by molar-refractivity contribution is -0.130. The molecule has 24 heavy (non-hydrogen) atoms. The van der Waals surface area contributed by atoms with E-state index in [1.54, 1.807) is 11.3 Å². The summed E-state index contributed by atoms with van der Waals surface area (Å²) >= 11 is 1.66. The maximum absolute atomic E-state index is 12.5. The van der Waals surface area contributed by atoms with E-state index in [4.69, 9.17) is 0 Å². The van der Waals surface area contributed by atoms with Crippen LogP contribution in [-0.2, 0) is 24.1 Å². The van der Waals surface area contributed by atoms with Gasteiger partial charge in [-0.15, -0.1) is 11.3 Å². The molecule has 0 aromatic carbocycles. The van der Waals surface area contributed by atoms with Crippen molar-refractivity contribution in [2.24, 2.45) is 5.92 Å². The highest BCUT2D eigenvalue weighted by molar-refractivity contribution is 7.18. The number of aromatic nitrogens is 2. The number of likely N-dealkylation sites (tertiary alicyclic amines) is 1. The van der Waals surface area contributed by atoms with Gasteiger partial charge in [-0.05, 0) is 43.6 Å². The number of thiophene rings is 1. The Morgan fingerprint density at radius 2 is 2.17 bits per heavy atom. The second kappa shape index (κ2) is 6.31. The van der Waals surface area contributed by atoms with Crippen LogP contribution >= 0.6 is 11.3 Å². The fourth-order valence-electron chi connectivity index (χ4n) is 3.86. The van der Waals surface area contributed by atoms with Gasteiger partial charge in [0.25, 0.3) is 5.56 Å². The van der Waals surface area contributed by atoms with Gasteiger partial charge in [-0.1, -0.05) is 6.92 Å². The Bertz CT molecular complexity index is 833. The van der Waals surface area contributed by atoms with Crippen LogP contribution < -0.4 is 5.56 Å². The lowest BCUT2D eigenvalue weighted by atomic mass is 9.89. The van der Waals surface area contributed by atoms with Gasteiger partial charge in [-0.2, -0.15) is 0 Å². The maximum atomic E-state index is 12.5. The topological polar surface area (TPSA) is 66.1 Å². The molecule has 6 heteroatoms. The van der Waals surface area contributed by atoms with Crippen LogP contribution in [0.4, 0.5) is 0 Å². The summed E-state index contributed by atoms with van der Waals surface area (Å²) in [4.78, 5) is 36.4. The number of carbonyl (C=O) groups excluding carboxylic acids is 1. The summed E-state index contributed by atoms with van der Waals surface area (Å²) in [6.07, 6.45) is 6.32. The van der Waals surface area contributed by atoms with Crippen LogP contribution in [0.25, 0.3) is 10.2 Å². The molecule has 1 N–H and O–H groups in total. The Kier molecular flexibility index (Phi) is 4.16. The molecular formula is C18H23N3O2S. The van der Waals surface area contributed by atoms with Crippen molar-refractivity contribution in [1.82, 2.24) is 14.9 Å². The Morgan fingerprint density at radius 1 is 1.38 bits per heavy atom. The quantitative estimate of drug-likeness (QED) is 0.930. The molecule has 128 valence electrons. The number of aryl methyl sites for hydroxylation is 2. The van der Waals surface area contributed by atoms with E-state index in [0.717, 1.165) is 55.4 Å². The molecule has 5 nitrogen and oxygen atoms in total. The predicted octanol–water partition coefficient (Wildman–Crippen LogP) is 2.66. The van der Waals surface area contributed by atoms with Crippen LogP contribution in [0.2, 0.25) is 0 Å². The number of hydrogen-bond donors (Lipinski definition) is 1. The molecule has 0 bridgehead atoms. The number of nitrogens with one attached hydrogen (secondary N) is 1. The minimum atomic E-state index is -0.0318. The molecule has 0 saturated carbocycles. The van der Waals surface area contributed by atoms with E-state index in [1.165, 1.54) is 10.4 Å². The molecule has 0 spiro atoms. The second-order valence-corrected chi connectivity index (χ2v) is 8.22. The second-order valence-electron chi connectivity index (χ2n) is 7.13. The summed E-state index contributed by atoms with van der Waals surface area (Å²) in [5, 5.41) is 0.788. The molecule has 2 aromatic heterocycles. The van der Waals surface area contributed by atoms with Crippen molar-refractivity contribution in [2.75, 3.05) is 13.1 Å². The van der Waals surface area contributed by atoms with Gasteiger partial charge in [0.15, 0.2) is 0 Å². The Labute approximate surface area is 145 Å². The summed E-state index contributed by atoms with van der Waals surface area (Å²) in [7, 11) is 0. The third-order valence-corrected chi connectivity index (χ3v) is 6.40. The van der Waals surface area contributed by atoms with Gasteiger partial charge in [0.1, 0.15) is 10.7 Å². The van der Waals surface area contributed by atoms with Crippen molar-refractivity contribution in [2.45, 2.75) is 51.9 Å². The van der Waals surface area contributed by atoms with Crippen molar-refractivity contribution in [3.8, 4) is 0 Å². The number of hydrogen-bond acceptors (Lipinski definition) is 4. The predicted molar refractivity (Wildman–Crippen MR) is 95.6 cm³/mol. The Morgan fingerprint density at radius 3 is 2.96 bits per heavy atom. The van der Waals surface area contributed by atoms with Crippen LogP contribution in [-0.4, -0.2) is 33.9 Å². The average Bonchev–Trinajstić information content (AvgIpc) is 3.19. The van der Waals surface area contributed by atoms with Crippen molar-refractivity contribution >= 4 is 27.5 Å². The lowest BCUT2D eigenvalue weighted by Crippen LogP contribution is -2.28. The van der Waals surface area contributed by atoms with E-state index in [0.29, 0.717) is 24.6 Å². The molecule has 2 aromatic rings. The van der Waals surface area contributed by atoms with Crippen LogP contribution in [0.3, 0.4) is 0 Å². The molecule has 2 aliphatic rings. The fourth-order valence-corrected chi connectivity index (χ4v) is 5.26. The van der Waals surface area contributed by atoms with Gasteiger partial charge in [0, 0.05) is 30.8 Å². The van der Waals surface area contributed by atoms with Crippen molar-refractivity contribution in [3.05, 3.63) is 26.6 Å². The summed E-state index contributed by atoms with van der Waals surface area (Å²) in [5.74, 6) is 1.50. The molecule has 4 rings (SSSR count). The largest absolute Gasteiger partial charge is 0.343 e. The van der Waals surface area contributed by atoms with Crippen LogP contribution in [0.1, 0.15) is 48.9 Å². The minimum Gasteiger partial charge on any atom is -0.343 e. The van der Waals surface area contributed by atoms with Crippen LogP contribution in [0, 0.1) is 5.92 Å². The van der Waals surface area contributed by atoms with E-state index in [2.05, 4.69) is 16.9 Å². The zero-order valence-electron chi connectivity index (χ0n) is 14.1. The number of rotatable bonds is 3. The summed E-state index contributed by atoms with van der Waals surface area (Å²) in [6, 6.07) is 0. The third kappa shape index (κ3) is 2.88. The maximum Gasteiger partial charge on any atom is 0.259 e. The third-order valence-electron chi connectivity index (χ3n) is 5.25. The SMILES string of the molecule is CC1CCc2c(sc3nc(CCC(=O)N4CCCC4)[nH]c(=O)c23)C1. The number of nitrogens with zero attached hydrogens (tertiary/aromatic N) is 2. The van der Waals surface area contributed by atoms with Crippen LogP contribution in [0.15, 0.2) is 4.79 Å². The lowest BCUT2D eigenvalue weighted by Gasteiger charge is -2.17. The Balaban J connectivity index is 1.56. The van der Waals surface area contributed by atoms with Gasteiger partial charge < -0.3 is 9.88 Å². The number of carbonyl (C=O) groups is 1. The van der Waals surface area contributed by atoms with Crippen molar-refractivity contribution in [3.63, 3.8) is 0 Å². The highest BCUT2D eigenvalue weighted by Gasteiger charge is 2.23. The first-order valence-electron chi connectivity index (χ1n) is 8.93. The van der Waals surface area contributed by atoms with Crippen molar-refractivity contribution in [1.29, 1.82) is 0 Å². The molecule has 1 saturated heterocycles. The van der Waals surface area contributed by atoms with Gasteiger partial charge >= 0.3 is 0 Å². The summed E-state index contributed by atoms with van der Waals surface area (Å²) in [5.41, 5.74) is 1.18. The molecule has 1 fully saturated rings. The fraction of sp³-hybridized carbons (Fsp3) is 0.611. The first kappa shape index (κ1) is 15.8. The first-order chi connectivity index (χ1) is 11.6. The number of aromatic amines is 1. The molecule has 1 aliphatic carbocycles. The minimum absolute atomic E-state index is 0.0318. The van der Waals surface area contributed by atoms with Gasteiger partial charge in [0.05, 0.1) is 5.39 Å². The molecule has 1 amide bonds. The van der Waals surface area contributed by atoms with Gasteiger partial charge in [0.2, 0.25) is 5.91 Å². The van der Waals surface area contributed by atoms with E-state index >= 15 is 0 Å². The Hall–Kier alpha value is -1.69. The van der Waals surface area contributed by atoms with E-state index in [9.17, 15) is 9.59 Å². The average molecular weight is 345 g/mol. The molecule has 3 heterocycles. The van der Waals surface area contributed by atoms with E-state index in [-0.39, 0.29) is 11.5 Å². The summed E-state index contributed by atoms with van der Waals surface area (Å²) < 4.78 is 0. The molecule has 1 atom stereocenters. The normalized spacial score (nSPS) is 20.5. The highest BCUT2D eigenvalue weighted by Crippen LogP contribution is 2.35. The smallest absolute Gasteiger partial charge is 0.259 e. The van der Waals surface area contributed by atoms with Gasteiger partial charge in [-0.25, -0.2) is 4.98 Å². The standard InChI is InChI=1S/C18H23N3O2S/c1-11-4-5-12-13(10-11)24-18-16(12)17(23)19-14(20-18)6-7-15(22)21-8-2-3-9-21/h11H,2-10H2,1H3,(H,19,20,23). The van der Waals surface area contributed by atoms with Crippen molar-refractivity contribution < 1.29 is 4.79 Å². The first-order valence-corrected chi connectivity index (χ1v) is 9.74. The molecule has 0 radical (unpaired) electrons. The van der Waals surface area contributed by atoms with E-state index < -0.39 is 0 Å². The molecule has 1 aliphatic heterocycles. The molecular weight excluding hydrogens is 322 g/mol. The molecule has 1 unspecified atom stereocenters. The summed E-state index contributed by atoms with van der Waals surface area (Å²) in [6.45, 7) is 4.01.